The highest BCUT2D eigenvalue weighted by molar-refractivity contribution is 5.94. The lowest BCUT2D eigenvalue weighted by atomic mass is 10.2. The first-order valence-corrected chi connectivity index (χ1v) is 6.12. The molecule has 0 saturated heterocycles. The Labute approximate surface area is 111 Å². The summed E-state index contributed by atoms with van der Waals surface area (Å²) in [5, 5.41) is 2.82. The summed E-state index contributed by atoms with van der Waals surface area (Å²) < 4.78 is 0. The number of nitrogens with zero attached hydrogens (tertiary/aromatic N) is 2. The first kappa shape index (κ1) is 13.2. The van der Waals surface area contributed by atoms with Gasteiger partial charge in [0.15, 0.2) is 0 Å². The number of carbonyl (C=O) groups excluding carboxylic acids is 1. The van der Waals surface area contributed by atoms with Gasteiger partial charge in [-0.2, -0.15) is 0 Å². The number of nitrogens with one attached hydrogen (secondary N) is 1. The van der Waals surface area contributed by atoms with E-state index in [2.05, 4.69) is 15.3 Å². The highest BCUT2D eigenvalue weighted by Gasteiger charge is 2.06. The van der Waals surface area contributed by atoms with Gasteiger partial charge in [-0.3, -0.25) is 14.8 Å². The molecule has 98 valence electrons. The fourth-order valence-corrected chi connectivity index (χ4v) is 1.68. The molecule has 5 nitrogen and oxygen atoms in total. The van der Waals surface area contributed by atoms with Gasteiger partial charge in [0.1, 0.15) is 0 Å². The van der Waals surface area contributed by atoms with Gasteiger partial charge in [-0.1, -0.05) is 6.07 Å². The van der Waals surface area contributed by atoms with Crippen molar-refractivity contribution < 1.29 is 4.79 Å². The predicted molar refractivity (Wildman–Crippen MR) is 72.4 cm³/mol. The Morgan fingerprint density at radius 1 is 1.16 bits per heavy atom. The maximum Gasteiger partial charge on any atom is 0.251 e. The molecule has 1 amide bonds. The second-order valence-corrected chi connectivity index (χ2v) is 4.08. The zero-order chi connectivity index (χ0) is 13.5. The van der Waals surface area contributed by atoms with Crippen molar-refractivity contribution in [2.24, 2.45) is 5.73 Å². The van der Waals surface area contributed by atoms with Crippen molar-refractivity contribution in [2.45, 2.75) is 13.0 Å². The van der Waals surface area contributed by atoms with E-state index >= 15 is 0 Å². The summed E-state index contributed by atoms with van der Waals surface area (Å²) in [6.07, 6.45) is 4.00. The maximum atomic E-state index is 12.0. The van der Waals surface area contributed by atoms with E-state index in [4.69, 9.17) is 5.73 Å². The minimum atomic E-state index is -0.133. The molecule has 0 atom stereocenters. The van der Waals surface area contributed by atoms with Crippen LogP contribution in [0.25, 0.3) is 0 Å². The van der Waals surface area contributed by atoms with Crippen LogP contribution < -0.4 is 11.1 Å². The van der Waals surface area contributed by atoms with Crippen LogP contribution in [0.5, 0.6) is 0 Å². The lowest BCUT2D eigenvalue weighted by Gasteiger charge is -2.06. The van der Waals surface area contributed by atoms with Crippen LogP contribution in [0, 0.1) is 0 Å². The SMILES string of the molecule is NCCc1cc(C(=O)NCc2ccccn2)ccn1. The van der Waals surface area contributed by atoms with Gasteiger partial charge in [0, 0.05) is 30.1 Å². The first-order valence-electron chi connectivity index (χ1n) is 6.12. The average molecular weight is 256 g/mol. The summed E-state index contributed by atoms with van der Waals surface area (Å²) in [5.74, 6) is -0.133. The normalized spacial score (nSPS) is 10.2. The predicted octanol–water partition coefficient (Wildman–Crippen LogP) is 0.908. The molecule has 0 aliphatic carbocycles. The van der Waals surface area contributed by atoms with Gasteiger partial charge in [-0.25, -0.2) is 0 Å². The molecule has 0 bridgehead atoms. The molecule has 0 fully saturated rings. The van der Waals surface area contributed by atoms with Crippen molar-refractivity contribution in [3.05, 3.63) is 59.7 Å². The van der Waals surface area contributed by atoms with E-state index < -0.39 is 0 Å². The highest BCUT2D eigenvalue weighted by Crippen LogP contribution is 2.03. The van der Waals surface area contributed by atoms with E-state index in [1.807, 2.05) is 18.2 Å². The number of carbonyl (C=O) groups is 1. The van der Waals surface area contributed by atoms with Gasteiger partial charge < -0.3 is 11.1 Å². The molecule has 5 heteroatoms. The fraction of sp³-hybridized carbons (Fsp3) is 0.214. The number of rotatable bonds is 5. The molecule has 2 heterocycles. The lowest BCUT2D eigenvalue weighted by molar-refractivity contribution is 0.0950. The lowest BCUT2D eigenvalue weighted by Crippen LogP contribution is -2.23. The summed E-state index contributed by atoms with van der Waals surface area (Å²) >= 11 is 0. The zero-order valence-corrected chi connectivity index (χ0v) is 10.5. The number of pyridine rings is 2. The van der Waals surface area contributed by atoms with E-state index in [-0.39, 0.29) is 5.91 Å². The molecule has 19 heavy (non-hydrogen) atoms. The van der Waals surface area contributed by atoms with Gasteiger partial charge in [-0.15, -0.1) is 0 Å². The van der Waals surface area contributed by atoms with Gasteiger partial charge in [0.2, 0.25) is 0 Å². The Kier molecular flexibility index (Phi) is 4.58. The largest absolute Gasteiger partial charge is 0.346 e. The van der Waals surface area contributed by atoms with Crippen LogP contribution in [0.2, 0.25) is 0 Å². The third-order valence-electron chi connectivity index (χ3n) is 2.64. The number of aromatic nitrogens is 2. The Morgan fingerprint density at radius 3 is 2.74 bits per heavy atom. The van der Waals surface area contributed by atoms with E-state index in [9.17, 15) is 4.79 Å². The molecular formula is C14H16N4O. The second-order valence-electron chi connectivity index (χ2n) is 4.08. The van der Waals surface area contributed by atoms with E-state index in [1.54, 1.807) is 24.5 Å². The molecule has 2 rings (SSSR count). The van der Waals surface area contributed by atoms with Crippen molar-refractivity contribution in [1.82, 2.24) is 15.3 Å². The Hall–Kier alpha value is -2.27. The summed E-state index contributed by atoms with van der Waals surface area (Å²) in [7, 11) is 0. The standard InChI is InChI=1S/C14H16N4O/c15-6-4-12-9-11(5-8-17-12)14(19)18-10-13-3-1-2-7-16-13/h1-3,5,7-9H,4,6,10,15H2,(H,18,19). The van der Waals surface area contributed by atoms with Crippen LogP contribution in [0.3, 0.4) is 0 Å². The zero-order valence-electron chi connectivity index (χ0n) is 10.5. The minimum absolute atomic E-state index is 0.133. The summed E-state index contributed by atoms with van der Waals surface area (Å²) in [4.78, 5) is 20.3. The Balaban J connectivity index is 1.98. The molecule has 3 N–H and O–H groups in total. The van der Waals surface area contributed by atoms with Crippen LogP contribution in [0.1, 0.15) is 21.7 Å². The second kappa shape index (κ2) is 6.61. The van der Waals surface area contributed by atoms with Crippen LogP contribution in [-0.4, -0.2) is 22.4 Å². The molecule has 2 aromatic heterocycles. The van der Waals surface area contributed by atoms with E-state index in [0.717, 1.165) is 11.4 Å². The van der Waals surface area contributed by atoms with Crippen LogP contribution in [-0.2, 0) is 13.0 Å². The summed E-state index contributed by atoms with van der Waals surface area (Å²) in [6.45, 7) is 0.931. The number of hydrogen-bond acceptors (Lipinski definition) is 4. The molecule has 0 spiro atoms. The van der Waals surface area contributed by atoms with Gasteiger partial charge >= 0.3 is 0 Å². The van der Waals surface area contributed by atoms with Gasteiger partial charge in [0.05, 0.1) is 12.2 Å². The van der Waals surface area contributed by atoms with Crippen molar-refractivity contribution >= 4 is 5.91 Å². The molecule has 0 unspecified atom stereocenters. The molecular weight excluding hydrogens is 240 g/mol. The smallest absolute Gasteiger partial charge is 0.251 e. The number of amides is 1. The minimum Gasteiger partial charge on any atom is -0.346 e. The first-order chi connectivity index (χ1) is 9.29. The van der Waals surface area contributed by atoms with Crippen molar-refractivity contribution in [3.8, 4) is 0 Å². The van der Waals surface area contributed by atoms with Crippen LogP contribution >= 0.6 is 0 Å². The quantitative estimate of drug-likeness (QED) is 0.833. The fourth-order valence-electron chi connectivity index (χ4n) is 1.68. The van der Waals surface area contributed by atoms with Gasteiger partial charge in [-0.05, 0) is 30.8 Å². The van der Waals surface area contributed by atoms with Gasteiger partial charge in [0.25, 0.3) is 5.91 Å². The Bertz CT molecular complexity index is 542. The van der Waals surface area contributed by atoms with Crippen LogP contribution in [0.4, 0.5) is 0 Å². The van der Waals surface area contributed by atoms with Crippen molar-refractivity contribution in [2.75, 3.05) is 6.54 Å². The Morgan fingerprint density at radius 2 is 2.00 bits per heavy atom. The average Bonchev–Trinajstić information content (AvgIpc) is 2.46. The monoisotopic (exact) mass is 256 g/mol. The maximum absolute atomic E-state index is 12.0. The molecule has 0 aromatic carbocycles. The third-order valence-corrected chi connectivity index (χ3v) is 2.64. The third kappa shape index (κ3) is 3.86. The van der Waals surface area contributed by atoms with Crippen molar-refractivity contribution in [3.63, 3.8) is 0 Å². The van der Waals surface area contributed by atoms with E-state index in [1.165, 1.54) is 0 Å². The van der Waals surface area contributed by atoms with E-state index in [0.29, 0.717) is 25.1 Å². The molecule has 0 aliphatic heterocycles. The molecule has 0 saturated carbocycles. The molecule has 0 aliphatic rings. The molecule has 2 aromatic rings. The highest BCUT2D eigenvalue weighted by atomic mass is 16.1. The topological polar surface area (TPSA) is 80.9 Å². The number of nitrogens with two attached hydrogens (primary N) is 1. The number of hydrogen-bond donors (Lipinski definition) is 2. The summed E-state index contributed by atoms with van der Waals surface area (Å²) in [6, 6.07) is 9.05. The van der Waals surface area contributed by atoms with Crippen LogP contribution in [0.15, 0.2) is 42.7 Å². The summed E-state index contributed by atoms with van der Waals surface area (Å²) in [5.41, 5.74) is 7.72. The van der Waals surface area contributed by atoms with Crippen molar-refractivity contribution in [1.29, 1.82) is 0 Å². The molecule has 0 radical (unpaired) electrons.